The Kier molecular flexibility index (Phi) is 6.11. The van der Waals surface area contributed by atoms with Gasteiger partial charge in [-0.25, -0.2) is 4.39 Å². The fourth-order valence-corrected chi connectivity index (χ4v) is 3.89. The molecule has 1 atom stereocenters. The van der Waals surface area contributed by atoms with Gasteiger partial charge in [0.1, 0.15) is 11.6 Å². The van der Waals surface area contributed by atoms with Crippen LogP contribution in [0.25, 0.3) is 5.69 Å². The molecule has 2 aromatic carbocycles. The molecule has 160 valence electrons. The van der Waals surface area contributed by atoms with E-state index in [0.717, 1.165) is 30.5 Å². The van der Waals surface area contributed by atoms with Crippen LogP contribution in [0, 0.1) is 18.7 Å². The molecule has 1 aromatic heterocycles. The molecule has 1 aliphatic heterocycles. The van der Waals surface area contributed by atoms with Gasteiger partial charge in [-0.1, -0.05) is 29.8 Å². The van der Waals surface area contributed by atoms with Crippen LogP contribution >= 0.6 is 0 Å². The van der Waals surface area contributed by atoms with Crippen molar-refractivity contribution in [2.45, 2.75) is 26.3 Å². The molecule has 4 rings (SSSR count). The van der Waals surface area contributed by atoms with Gasteiger partial charge in [0, 0.05) is 25.7 Å². The van der Waals surface area contributed by atoms with Gasteiger partial charge in [0.15, 0.2) is 0 Å². The van der Waals surface area contributed by atoms with E-state index in [1.807, 2.05) is 30.0 Å². The van der Waals surface area contributed by atoms with Crippen LogP contribution in [-0.4, -0.2) is 28.8 Å². The summed E-state index contributed by atoms with van der Waals surface area (Å²) in [5.74, 6) is 0.133. The second kappa shape index (κ2) is 9.12. The van der Waals surface area contributed by atoms with E-state index >= 15 is 0 Å². The first-order chi connectivity index (χ1) is 15.0. The van der Waals surface area contributed by atoms with Crippen LogP contribution in [0.2, 0.25) is 0 Å². The molecule has 0 radical (unpaired) electrons. The lowest BCUT2D eigenvalue weighted by Crippen LogP contribution is -2.43. The monoisotopic (exact) mass is 420 g/mol. The first-order valence-electron chi connectivity index (χ1n) is 10.4. The summed E-state index contributed by atoms with van der Waals surface area (Å²) in [5.41, 5.74) is 2.45. The fourth-order valence-electron chi connectivity index (χ4n) is 3.89. The minimum atomic E-state index is -0.372. The van der Waals surface area contributed by atoms with Crippen molar-refractivity contribution in [1.82, 2.24) is 15.1 Å². The van der Waals surface area contributed by atoms with Gasteiger partial charge >= 0.3 is 0 Å². The summed E-state index contributed by atoms with van der Waals surface area (Å²) in [6.45, 7) is 3.83. The third-order valence-electron chi connectivity index (χ3n) is 5.52. The number of benzene rings is 2. The van der Waals surface area contributed by atoms with E-state index in [0.29, 0.717) is 24.6 Å². The van der Waals surface area contributed by atoms with Crippen LogP contribution in [0.5, 0.6) is 0 Å². The van der Waals surface area contributed by atoms with Gasteiger partial charge in [-0.2, -0.15) is 4.68 Å². The Bertz CT molecular complexity index is 1130. The number of piperidine rings is 1. The maximum absolute atomic E-state index is 13.2. The highest BCUT2D eigenvalue weighted by Gasteiger charge is 2.26. The molecule has 1 amide bonds. The normalized spacial score (nSPS) is 16.2. The predicted octanol–water partition coefficient (Wildman–Crippen LogP) is 3.21. The Labute approximate surface area is 180 Å². The predicted molar refractivity (Wildman–Crippen MR) is 118 cm³/mol. The van der Waals surface area contributed by atoms with Crippen molar-refractivity contribution in [3.05, 3.63) is 88.0 Å². The Hall–Kier alpha value is -3.48. The maximum Gasteiger partial charge on any atom is 0.271 e. The molecule has 2 heterocycles. The van der Waals surface area contributed by atoms with Gasteiger partial charge in [0.2, 0.25) is 5.91 Å². The highest BCUT2D eigenvalue weighted by Crippen LogP contribution is 2.22. The number of rotatable bonds is 5. The molecule has 1 aliphatic rings. The molecule has 1 fully saturated rings. The summed E-state index contributed by atoms with van der Waals surface area (Å²) in [7, 11) is 0. The van der Waals surface area contributed by atoms with Gasteiger partial charge in [-0.05, 0) is 55.7 Å². The van der Waals surface area contributed by atoms with Gasteiger partial charge in [-0.3, -0.25) is 9.59 Å². The SMILES string of the molecule is Cc1cccc(CNC(=O)C2CCCN(c3ccc(=O)n(-c4ccc(F)cc4)n3)C2)c1. The smallest absolute Gasteiger partial charge is 0.271 e. The van der Waals surface area contributed by atoms with Crippen molar-refractivity contribution >= 4 is 11.7 Å². The molecule has 6 nitrogen and oxygen atoms in total. The number of amides is 1. The number of aromatic nitrogens is 2. The summed E-state index contributed by atoms with van der Waals surface area (Å²) in [4.78, 5) is 27.1. The lowest BCUT2D eigenvalue weighted by atomic mass is 9.97. The summed E-state index contributed by atoms with van der Waals surface area (Å²) < 4.78 is 14.5. The second-order valence-corrected chi connectivity index (χ2v) is 7.91. The zero-order valence-corrected chi connectivity index (χ0v) is 17.4. The molecule has 1 saturated heterocycles. The van der Waals surface area contributed by atoms with Crippen molar-refractivity contribution in [2.75, 3.05) is 18.0 Å². The van der Waals surface area contributed by atoms with Gasteiger partial charge in [0.25, 0.3) is 5.56 Å². The van der Waals surface area contributed by atoms with Crippen LogP contribution in [-0.2, 0) is 11.3 Å². The van der Waals surface area contributed by atoms with Gasteiger partial charge in [0.05, 0.1) is 11.6 Å². The van der Waals surface area contributed by atoms with Crippen LogP contribution in [0.4, 0.5) is 10.2 Å². The lowest BCUT2D eigenvalue weighted by Gasteiger charge is -2.33. The van der Waals surface area contributed by atoms with E-state index in [-0.39, 0.29) is 23.2 Å². The zero-order valence-electron chi connectivity index (χ0n) is 17.4. The van der Waals surface area contributed by atoms with Gasteiger partial charge in [-0.15, -0.1) is 5.10 Å². The minimum Gasteiger partial charge on any atom is -0.354 e. The quantitative estimate of drug-likeness (QED) is 0.688. The van der Waals surface area contributed by atoms with E-state index in [9.17, 15) is 14.0 Å². The average molecular weight is 420 g/mol. The number of hydrogen-bond donors (Lipinski definition) is 1. The Morgan fingerprint density at radius 2 is 1.97 bits per heavy atom. The van der Waals surface area contributed by atoms with Crippen LogP contribution < -0.4 is 15.8 Å². The molecule has 7 heteroatoms. The first-order valence-corrected chi connectivity index (χ1v) is 10.4. The van der Waals surface area contributed by atoms with E-state index < -0.39 is 0 Å². The standard InChI is InChI=1S/C24H25FN4O2/c1-17-4-2-5-18(14-17)15-26-24(31)19-6-3-13-28(16-19)22-11-12-23(30)29(27-22)21-9-7-20(25)8-10-21/h2,4-5,7-12,14,19H,3,6,13,15-16H2,1H3,(H,26,31). The zero-order chi connectivity index (χ0) is 21.8. The highest BCUT2D eigenvalue weighted by atomic mass is 19.1. The van der Waals surface area contributed by atoms with Crippen LogP contribution in [0.15, 0.2) is 65.5 Å². The van der Waals surface area contributed by atoms with E-state index in [2.05, 4.69) is 16.5 Å². The number of aryl methyl sites for hydroxylation is 1. The van der Waals surface area contributed by atoms with Crippen LogP contribution in [0.1, 0.15) is 24.0 Å². The fraction of sp³-hybridized carbons (Fsp3) is 0.292. The van der Waals surface area contributed by atoms with Crippen molar-refractivity contribution in [2.24, 2.45) is 5.92 Å². The molecule has 3 aromatic rings. The molecule has 1 unspecified atom stereocenters. The Balaban J connectivity index is 1.45. The summed E-state index contributed by atoms with van der Waals surface area (Å²) in [6.07, 6.45) is 1.67. The van der Waals surface area contributed by atoms with Crippen molar-refractivity contribution in [1.29, 1.82) is 0 Å². The number of nitrogens with zero attached hydrogens (tertiary/aromatic N) is 3. The molecule has 0 saturated carbocycles. The van der Waals surface area contributed by atoms with Crippen molar-refractivity contribution in [3.8, 4) is 5.69 Å². The second-order valence-electron chi connectivity index (χ2n) is 7.91. The Morgan fingerprint density at radius 1 is 1.16 bits per heavy atom. The third kappa shape index (κ3) is 4.99. The molecule has 0 spiro atoms. The van der Waals surface area contributed by atoms with E-state index in [1.165, 1.54) is 35.0 Å². The third-order valence-corrected chi connectivity index (χ3v) is 5.52. The first kappa shape index (κ1) is 20.8. The topological polar surface area (TPSA) is 67.2 Å². The van der Waals surface area contributed by atoms with Crippen molar-refractivity contribution < 1.29 is 9.18 Å². The number of anilines is 1. The van der Waals surface area contributed by atoms with Gasteiger partial charge < -0.3 is 10.2 Å². The largest absolute Gasteiger partial charge is 0.354 e. The maximum atomic E-state index is 13.2. The minimum absolute atomic E-state index is 0.0260. The molecule has 1 N–H and O–H groups in total. The number of carbonyl (C=O) groups excluding carboxylic acids is 1. The summed E-state index contributed by atoms with van der Waals surface area (Å²) in [5, 5.41) is 7.51. The molecule has 0 bridgehead atoms. The van der Waals surface area contributed by atoms with E-state index in [1.54, 1.807) is 6.07 Å². The number of carbonyl (C=O) groups is 1. The van der Waals surface area contributed by atoms with Crippen LogP contribution in [0.3, 0.4) is 0 Å². The summed E-state index contributed by atoms with van der Waals surface area (Å²) in [6, 6.07) is 16.8. The number of halogens is 1. The Morgan fingerprint density at radius 3 is 2.74 bits per heavy atom. The lowest BCUT2D eigenvalue weighted by molar-refractivity contribution is -0.125. The molecular formula is C24H25FN4O2. The average Bonchev–Trinajstić information content (AvgIpc) is 2.79. The van der Waals surface area contributed by atoms with Crippen molar-refractivity contribution in [3.63, 3.8) is 0 Å². The number of nitrogens with one attached hydrogen (secondary N) is 1. The number of hydrogen-bond acceptors (Lipinski definition) is 4. The molecular weight excluding hydrogens is 395 g/mol. The molecule has 31 heavy (non-hydrogen) atoms. The summed E-state index contributed by atoms with van der Waals surface area (Å²) >= 11 is 0. The molecule has 0 aliphatic carbocycles. The van der Waals surface area contributed by atoms with E-state index in [4.69, 9.17) is 0 Å². The highest BCUT2D eigenvalue weighted by molar-refractivity contribution is 5.79.